The van der Waals surface area contributed by atoms with Crippen LogP contribution in [0, 0.1) is 12.7 Å². The van der Waals surface area contributed by atoms with Gasteiger partial charge in [0.05, 0.1) is 5.69 Å². The lowest BCUT2D eigenvalue weighted by Crippen LogP contribution is -2.37. The van der Waals surface area contributed by atoms with Crippen LogP contribution in [0.5, 0.6) is 0 Å². The van der Waals surface area contributed by atoms with E-state index >= 15 is 0 Å². The van der Waals surface area contributed by atoms with Crippen LogP contribution in [0.25, 0.3) is 0 Å². The lowest BCUT2D eigenvalue weighted by atomic mass is 9.98. The van der Waals surface area contributed by atoms with Gasteiger partial charge in [0, 0.05) is 36.8 Å². The third-order valence-electron chi connectivity index (χ3n) is 4.71. The molecule has 2 bridgehead atoms. The summed E-state index contributed by atoms with van der Waals surface area (Å²) in [5.74, 6) is 0.697. The molecule has 2 atom stereocenters. The second kappa shape index (κ2) is 4.88. The van der Waals surface area contributed by atoms with Gasteiger partial charge in [-0.05, 0) is 37.5 Å². The van der Waals surface area contributed by atoms with Gasteiger partial charge in [0.15, 0.2) is 0 Å². The molecule has 4 rings (SSSR count). The van der Waals surface area contributed by atoms with Crippen molar-refractivity contribution >= 4 is 0 Å². The fourth-order valence-electron chi connectivity index (χ4n) is 3.77. The summed E-state index contributed by atoms with van der Waals surface area (Å²) in [6.45, 7) is 2.75. The SMILES string of the molecule is Cc1ncc2c(n1)C[C@H]1CC[C@@H]2N1Cc1cccc(F)c1. The highest BCUT2D eigenvalue weighted by molar-refractivity contribution is 5.29. The first-order valence-electron chi connectivity index (χ1n) is 7.53. The average molecular weight is 283 g/mol. The Morgan fingerprint density at radius 1 is 1.33 bits per heavy atom. The maximum Gasteiger partial charge on any atom is 0.125 e. The molecule has 4 heteroatoms. The van der Waals surface area contributed by atoms with E-state index in [-0.39, 0.29) is 5.82 Å². The lowest BCUT2D eigenvalue weighted by molar-refractivity contribution is 0.166. The van der Waals surface area contributed by atoms with E-state index in [2.05, 4.69) is 14.9 Å². The molecule has 1 aromatic carbocycles. The topological polar surface area (TPSA) is 29.0 Å². The molecule has 2 aliphatic heterocycles. The second-order valence-electron chi connectivity index (χ2n) is 6.07. The van der Waals surface area contributed by atoms with Gasteiger partial charge < -0.3 is 0 Å². The average Bonchev–Trinajstić information content (AvgIpc) is 2.73. The van der Waals surface area contributed by atoms with Crippen molar-refractivity contribution in [2.24, 2.45) is 0 Å². The monoisotopic (exact) mass is 283 g/mol. The minimum atomic E-state index is -0.156. The molecule has 0 saturated carbocycles. The Labute approximate surface area is 123 Å². The van der Waals surface area contributed by atoms with E-state index in [0.29, 0.717) is 12.1 Å². The highest BCUT2D eigenvalue weighted by Crippen LogP contribution is 2.43. The lowest BCUT2D eigenvalue weighted by Gasteiger charge is -2.35. The predicted octanol–water partition coefficient (Wildman–Crippen LogP) is 3.19. The van der Waals surface area contributed by atoms with E-state index in [4.69, 9.17) is 0 Å². The maximum atomic E-state index is 13.4. The van der Waals surface area contributed by atoms with E-state index < -0.39 is 0 Å². The number of hydrogen-bond donors (Lipinski definition) is 0. The quantitative estimate of drug-likeness (QED) is 0.847. The van der Waals surface area contributed by atoms with Gasteiger partial charge in [0.25, 0.3) is 0 Å². The molecule has 0 amide bonds. The molecule has 3 heterocycles. The van der Waals surface area contributed by atoms with Crippen molar-refractivity contribution in [1.82, 2.24) is 14.9 Å². The Morgan fingerprint density at radius 3 is 3.10 bits per heavy atom. The molecule has 2 aliphatic rings. The molecule has 0 aliphatic carbocycles. The minimum Gasteiger partial charge on any atom is -0.289 e. The molecule has 2 aromatic rings. The van der Waals surface area contributed by atoms with E-state index in [1.807, 2.05) is 19.2 Å². The summed E-state index contributed by atoms with van der Waals surface area (Å²) >= 11 is 0. The van der Waals surface area contributed by atoms with Crippen LogP contribution in [0.3, 0.4) is 0 Å². The molecule has 21 heavy (non-hydrogen) atoms. The van der Waals surface area contributed by atoms with Crippen LogP contribution in [0.1, 0.15) is 41.5 Å². The van der Waals surface area contributed by atoms with Crippen molar-refractivity contribution in [2.45, 2.75) is 44.8 Å². The van der Waals surface area contributed by atoms with Gasteiger partial charge in [-0.1, -0.05) is 12.1 Å². The van der Waals surface area contributed by atoms with Crippen molar-refractivity contribution in [3.05, 3.63) is 58.9 Å². The number of rotatable bonds is 2. The van der Waals surface area contributed by atoms with Crippen molar-refractivity contribution < 1.29 is 4.39 Å². The first kappa shape index (κ1) is 12.9. The van der Waals surface area contributed by atoms with E-state index in [1.165, 1.54) is 23.7 Å². The zero-order valence-corrected chi connectivity index (χ0v) is 12.1. The number of aryl methyl sites for hydroxylation is 1. The van der Waals surface area contributed by atoms with Crippen LogP contribution in [0.15, 0.2) is 30.5 Å². The zero-order valence-electron chi connectivity index (χ0n) is 12.1. The van der Waals surface area contributed by atoms with Crippen LogP contribution < -0.4 is 0 Å². The molecule has 1 saturated heterocycles. The summed E-state index contributed by atoms with van der Waals surface area (Å²) in [4.78, 5) is 11.5. The molecule has 3 nitrogen and oxygen atoms in total. The van der Waals surface area contributed by atoms with Crippen LogP contribution in [-0.2, 0) is 13.0 Å². The summed E-state index contributed by atoms with van der Waals surface area (Å²) in [7, 11) is 0. The fourth-order valence-corrected chi connectivity index (χ4v) is 3.77. The standard InChI is InChI=1S/C17H18FN3/c1-11-19-9-15-16(20-11)8-14-5-6-17(15)21(14)10-12-3-2-4-13(18)7-12/h2-4,7,9,14,17H,5-6,8,10H2,1H3/t14-,17+/m1/s1. The number of nitrogens with zero attached hydrogens (tertiary/aromatic N) is 3. The van der Waals surface area contributed by atoms with E-state index in [1.54, 1.807) is 12.1 Å². The smallest absolute Gasteiger partial charge is 0.125 e. The third kappa shape index (κ3) is 2.23. The first-order valence-corrected chi connectivity index (χ1v) is 7.53. The van der Waals surface area contributed by atoms with Crippen LogP contribution in [0.4, 0.5) is 4.39 Å². The molecule has 0 spiro atoms. The molecular weight excluding hydrogens is 265 g/mol. The molecule has 0 N–H and O–H groups in total. The summed E-state index contributed by atoms with van der Waals surface area (Å²) in [6.07, 6.45) is 5.32. The van der Waals surface area contributed by atoms with Gasteiger partial charge in [0.2, 0.25) is 0 Å². The fraction of sp³-hybridized carbons (Fsp3) is 0.412. The molecule has 108 valence electrons. The van der Waals surface area contributed by atoms with Crippen molar-refractivity contribution in [2.75, 3.05) is 0 Å². The third-order valence-corrected chi connectivity index (χ3v) is 4.71. The normalized spacial score (nSPS) is 24.1. The maximum absolute atomic E-state index is 13.4. The van der Waals surface area contributed by atoms with Crippen LogP contribution in [0.2, 0.25) is 0 Å². The van der Waals surface area contributed by atoms with Crippen molar-refractivity contribution in [3.8, 4) is 0 Å². The highest BCUT2D eigenvalue weighted by atomic mass is 19.1. The molecule has 1 fully saturated rings. The second-order valence-corrected chi connectivity index (χ2v) is 6.07. The van der Waals surface area contributed by atoms with E-state index in [9.17, 15) is 4.39 Å². The molecule has 0 radical (unpaired) electrons. The Morgan fingerprint density at radius 2 is 2.24 bits per heavy atom. The Hall–Kier alpha value is -1.81. The van der Waals surface area contributed by atoms with Crippen LogP contribution >= 0.6 is 0 Å². The Kier molecular flexibility index (Phi) is 3.00. The van der Waals surface area contributed by atoms with Crippen molar-refractivity contribution in [1.29, 1.82) is 0 Å². The van der Waals surface area contributed by atoms with Crippen LogP contribution in [-0.4, -0.2) is 20.9 Å². The zero-order chi connectivity index (χ0) is 14.4. The summed E-state index contributed by atoms with van der Waals surface area (Å²) in [5.41, 5.74) is 3.53. The summed E-state index contributed by atoms with van der Waals surface area (Å²) in [6, 6.07) is 7.85. The van der Waals surface area contributed by atoms with Crippen molar-refractivity contribution in [3.63, 3.8) is 0 Å². The van der Waals surface area contributed by atoms with Gasteiger partial charge in [-0.3, -0.25) is 4.90 Å². The Balaban J connectivity index is 1.65. The number of fused-ring (bicyclic) bond motifs is 4. The summed E-state index contributed by atoms with van der Waals surface area (Å²) < 4.78 is 13.4. The highest BCUT2D eigenvalue weighted by Gasteiger charge is 2.40. The number of aromatic nitrogens is 2. The van der Waals surface area contributed by atoms with Gasteiger partial charge in [0.1, 0.15) is 11.6 Å². The largest absolute Gasteiger partial charge is 0.289 e. The number of hydrogen-bond acceptors (Lipinski definition) is 3. The minimum absolute atomic E-state index is 0.156. The number of halogens is 1. The van der Waals surface area contributed by atoms with E-state index in [0.717, 1.165) is 30.8 Å². The van der Waals surface area contributed by atoms with Gasteiger partial charge >= 0.3 is 0 Å². The summed E-state index contributed by atoms with van der Waals surface area (Å²) in [5, 5.41) is 0. The molecular formula is C17H18FN3. The first-order chi connectivity index (χ1) is 10.2. The molecule has 0 unspecified atom stereocenters. The predicted molar refractivity (Wildman–Crippen MR) is 78.2 cm³/mol. The number of benzene rings is 1. The van der Waals surface area contributed by atoms with Gasteiger partial charge in [-0.15, -0.1) is 0 Å². The Bertz CT molecular complexity index is 685. The van der Waals surface area contributed by atoms with Gasteiger partial charge in [-0.2, -0.15) is 0 Å². The molecule has 1 aromatic heterocycles. The van der Waals surface area contributed by atoms with Gasteiger partial charge in [-0.25, -0.2) is 14.4 Å².